The molecule has 0 radical (unpaired) electrons. The summed E-state index contributed by atoms with van der Waals surface area (Å²) in [4.78, 5) is 0. The monoisotopic (exact) mass is 1510 g/mol. The molecule has 10 nitrogen and oxygen atoms in total. The molecular weight excluding hydrogens is 1390 g/mol. The average Bonchev–Trinajstić information content (AvgIpc) is 0.752. The standard InChI is InChI=1S/C92H124O10P4/c1-13-15-17-19-21-23-25-27-29-43-53-97-91-79-59-75-55-73(67-103(83-45-35-31-36-46-83)84-47-37-32-38-48-84)57-77(89(75)95-11)61-81-65-88(106(94,101-71(7)8)102-72(9)10)66-82(92(81)98-54-44-30-28-26-24-22-20-18-16-14-2)62-78-58-74(68-104(85-49-39-33-40-50-85)86-51-41-34-42-52-86)56-76(90(78)96-12)60-80(91)64-87(63-79)105(93,99-69(3)4)100-70(5)6/h31-42,45-52,55-58,63-66,69-72H,13-30,43-44,53-54,59-62,67-68H2,1-12H3. The van der Waals surface area contributed by atoms with Crippen LogP contribution in [0.25, 0.3) is 0 Å². The number of fused-ring (bicyclic) bond motifs is 8. The maximum atomic E-state index is 16.2. The highest BCUT2D eigenvalue weighted by Crippen LogP contribution is 2.54. The zero-order valence-corrected chi connectivity index (χ0v) is 69.7. The third kappa shape index (κ3) is 25.1. The van der Waals surface area contributed by atoms with Crippen LogP contribution in [0.4, 0.5) is 0 Å². The Bertz CT molecular complexity index is 3570. The summed E-state index contributed by atoms with van der Waals surface area (Å²) in [5.74, 6) is 2.91. The third-order valence-corrected chi connectivity index (χ3v) is 29.1. The molecule has 1 aliphatic rings. The molecule has 8 aromatic rings. The van der Waals surface area contributed by atoms with Crippen molar-refractivity contribution < 1.29 is 46.2 Å². The molecule has 9 rings (SSSR count). The number of methoxy groups -OCH3 is 2. The fourth-order valence-corrected chi connectivity index (χ4v) is 23.4. The summed E-state index contributed by atoms with van der Waals surface area (Å²) in [6.07, 6.45) is 25.0. The summed E-state index contributed by atoms with van der Waals surface area (Å²) in [6.45, 7) is 20.9. The molecule has 14 heteroatoms. The molecule has 0 unspecified atom stereocenters. The van der Waals surface area contributed by atoms with Gasteiger partial charge in [0, 0.05) is 38.0 Å². The van der Waals surface area contributed by atoms with E-state index in [9.17, 15) is 0 Å². The van der Waals surface area contributed by atoms with E-state index in [4.69, 9.17) is 37.0 Å². The van der Waals surface area contributed by atoms with Gasteiger partial charge < -0.3 is 37.0 Å². The lowest BCUT2D eigenvalue weighted by molar-refractivity contribution is 0.149. The predicted molar refractivity (Wildman–Crippen MR) is 450 cm³/mol. The van der Waals surface area contributed by atoms with Crippen LogP contribution in [-0.4, -0.2) is 51.8 Å². The van der Waals surface area contributed by atoms with Crippen molar-refractivity contribution >= 4 is 62.9 Å². The lowest BCUT2D eigenvalue weighted by Crippen LogP contribution is -2.20. The Kier molecular flexibility index (Phi) is 34.5. The number of rotatable bonds is 44. The van der Waals surface area contributed by atoms with Gasteiger partial charge in [-0.1, -0.05) is 275 Å². The van der Waals surface area contributed by atoms with Crippen LogP contribution in [0.5, 0.6) is 23.0 Å². The van der Waals surface area contributed by atoms with Gasteiger partial charge in [0.2, 0.25) is 0 Å². The molecule has 0 aromatic heterocycles. The summed E-state index contributed by atoms with van der Waals surface area (Å²) in [6, 6.07) is 61.1. The summed E-state index contributed by atoms with van der Waals surface area (Å²) in [5.41, 5.74) is 9.39. The van der Waals surface area contributed by atoms with Crippen molar-refractivity contribution in [1.82, 2.24) is 0 Å². The van der Waals surface area contributed by atoms with Crippen molar-refractivity contribution in [3.63, 3.8) is 0 Å². The summed E-state index contributed by atoms with van der Waals surface area (Å²) >= 11 is 0. The van der Waals surface area contributed by atoms with Crippen LogP contribution in [0.15, 0.2) is 170 Å². The Balaban J connectivity index is 1.33. The van der Waals surface area contributed by atoms with E-state index in [0.717, 1.165) is 118 Å². The number of unbranched alkanes of at least 4 members (excludes halogenated alkanes) is 18. The second kappa shape index (κ2) is 43.5. The highest BCUT2D eigenvalue weighted by Gasteiger charge is 2.36. The molecule has 0 N–H and O–H groups in total. The topological polar surface area (TPSA) is 108 Å². The summed E-state index contributed by atoms with van der Waals surface area (Å²) in [7, 11) is -6.42. The van der Waals surface area contributed by atoms with Gasteiger partial charge in [0.25, 0.3) is 0 Å². The number of hydrogen-bond donors (Lipinski definition) is 0. The second-order valence-corrected chi connectivity index (χ2v) is 38.3. The Morgan fingerprint density at radius 3 is 0.764 bits per heavy atom. The van der Waals surface area contributed by atoms with Crippen molar-refractivity contribution in [2.75, 3.05) is 27.4 Å². The first-order valence-electron chi connectivity index (χ1n) is 40.1. The van der Waals surface area contributed by atoms with Crippen molar-refractivity contribution in [1.29, 1.82) is 0 Å². The molecule has 0 aliphatic heterocycles. The summed E-state index contributed by atoms with van der Waals surface area (Å²) < 4.78 is 87.5. The van der Waals surface area contributed by atoms with Crippen molar-refractivity contribution in [2.24, 2.45) is 0 Å². The maximum Gasteiger partial charge on any atom is 0.361 e. The molecule has 0 fully saturated rings. The Morgan fingerprint density at radius 2 is 0.538 bits per heavy atom. The molecule has 572 valence electrons. The average molecular weight is 1510 g/mol. The predicted octanol–water partition coefficient (Wildman–Crippen LogP) is 23.6. The van der Waals surface area contributed by atoms with E-state index in [2.05, 4.69) is 159 Å². The van der Waals surface area contributed by atoms with Crippen LogP contribution in [0.2, 0.25) is 0 Å². The highest BCUT2D eigenvalue weighted by atomic mass is 31.2. The SMILES string of the molecule is CCCCCCCCCCCCOc1c2cc(P(=O)(OC(C)C)OC(C)C)cc1Cc1cc(CP(c3ccccc3)c3ccccc3)cc(c1OC)Cc1cc(P(=O)(OC(C)C)OC(C)C)cc(c1OCCCCCCCCCCCC)Cc1cc(CP(c3ccccc3)c3ccccc3)cc(c1OC)C2. The number of benzene rings is 8. The van der Waals surface area contributed by atoms with Gasteiger partial charge in [0.1, 0.15) is 23.0 Å². The molecule has 1 aliphatic carbocycles. The van der Waals surface area contributed by atoms with Gasteiger partial charge in [0.05, 0.1) is 62.5 Å². The minimum atomic E-state index is -4.05. The van der Waals surface area contributed by atoms with Crippen molar-refractivity contribution in [3.05, 3.63) is 225 Å². The molecule has 0 atom stereocenters. The van der Waals surface area contributed by atoms with Crippen LogP contribution in [0.1, 0.15) is 253 Å². The lowest BCUT2D eigenvalue weighted by Gasteiger charge is -2.28. The largest absolute Gasteiger partial charge is 0.496 e. The lowest BCUT2D eigenvalue weighted by atomic mass is 9.90. The molecule has 8 bridgehead atoms. The van der Waals surface area contributed by atoms with Gasteiger partial charge in [0.15, 0.2) is 0 Å². The second-order valence-electron chi connectivity index (χ2n) is 30.0. The van der Waals surface area contributed by atoms with E-state index >= 15 is 9.13 Å². The van der Waals surface area contributed by atoms with Crippen LogP contribution in [0, 0.1) is 0 Å². The normalized spacial score (nSPS) is 12.7. The molecule has 0 amide bonds. The van der Waals surface area contributed by atoms with Gasteiger partial charge >= 0.3 is 15.2 Å². The Labute approximate surface area is 641 Å². The van der Waals surface area contributed by atoms with Crippen LogP contribution < -0.4 is 50.8 Å². The van der Waals surface area contributed by atoms with Gasteiger partial charge in [-0.05, 0) is 185 Å². The first kappa shape index (κ1) is 84.1. The Hall–Kier alpha value is -5.88. The molecule has 106 heavy (non-hydrogen) atoms. The van der Waals surface area contributed by atoms with E-state index in [0.29, 0.717) is 61.0 Å². The molecular formula is C92H124O10P4. The fourth-order valence-electron chi connectivity index (χ4n) is 14.8. The van der Waals surface area contributed by atoms with Gasteiger partial charge in [-0.25, -0.2) is 0 Å². The van der Waals surface area contributed by atoms with Gasteiger partial charge in [-0.15, -0.1) is 0 Å². The van der Waals surface area contributed by atoms with E-state index in [1.54, 1.807) is 14.2 Å². The van der Waals surface area contributed by atoms with E-state index in [1.165, 1.54) is 111 Å². The number of ether oxygens (including phenoxy) is 4. The van der Waals surface area contributed by atoms with E-state index in [1.807, 2.05) is 79.7 Å². The zero-order chi connectivity index (χ0) is 75.3. The molecule has 0 saturated heterocycles. The molecule has 0 spiro atoms. The first-order chi connectivity index (χ1) is 51.4. The van der Waals surface area contributed by atoms with Crippen molar-refractivity contribution in [2.45, 2.75) is 260 Å². The highest BCUT2D eigenvalue weighted by molar-refractivity contribution is 7.72. The fraction of sp³-hybridized carbons (Fsp3) is 0.478. The third-order valence-electron chi connectivity index (χ3n) is 19.5. The van der Waals surface area contributed by atoms with Gasteiger partial charge in [-0.3, -0.25) is 9.13 Å². The molecule has 0 heterocycles. The van der Waals surface area contributed by atoms with E-state index < -0.39 is 55.5 Å². The molecule has 0 saturated carbocycles. The Morgan fingerprint density at radius 1 is 0.311 bits per heavy atom. The summed E-state index contributed by atoms with van der Waals surface area (Å²) in [5, 5.41) is 6.02. The smallest absolute Gasteiger partial charge is 0.361 e. The number of hydrogen-bond acceptors (Lipinski definition) is 10. The van der Waals surface area contributed by atoms with Crippen LogP contribution in [0.3, 0.4) is 0 Å². The zero-order valence-electron chi connectivity index (χ0n) is 66.1. The van der Waals surface area contributed by atoms with Crippen LogP contribution in [-0.2, 0) is 65.2 Å². The van der Waals surface area contributed by atoms with Crippen LogP contribution >= 0.6 is 31.0 Å². The maximum absolute atomic E-state index is 16.2. The van der Waals surface area contributed by atoms with E-state index in [-0.39, 0.29) is 0 Å². The minimum absolute atomic E-state index is 0.337. The minimum Gasteiger partial charge on any atom is -0.496 e. The quantitative estimate of drug-likeness (QED) is 0.0271. The molecule has 8 aromatic carbocycles. The van der Waals surface area contributed by atoms with Crippen molar-refractivity contribution in [3.8, 4) is 23.0 Å². The van der Waals surface area contributed by atoms with Gasteiger partial charge in [-0.2, -0.15) is 0 Å². The first-order valence-corrected chi connectivity index (χ1v) is 46.2.